The molecule has 6 heteroatoms. The summed E-state index contributed by atoms with van der Waals surface area (Å²) < 4.78 is 15.9. The van der Waals surface area contributed by atoms with Crippen LogP contribution in [0.4, 0.5) is 28.4 Å². The van der Waals surface area contributed by atoms with Crippen LogP contribution in [-0.2, 0) is 0 Å². The first-order valence-electron chi connectivity index (χ1n) is 17.5. The zero-order chi connectivity index (χ0) is 33.9. The van der Waals surface area contributed by atoms with Crippen LogP contribution in [-0.4, -0.2) is 7.28 Å². The summed E-state index contributed by atoms with van der Waals surface area (Å²) in [7, 11) is 2.31. The zero-order valence-corrected chi connectivity index (χ0v) is 28.5. The molecule has 10 aromatic rings. The van der Waals surface area contributed by atoms with E-state index in [1.54, 1.807) is 0 Å². The highest BCUT2D eigenvalue weighted by molar-refractivity contribution is 7.25. The van der Waals surface area contributed by atoms with Gasteiger partial charge in [0.2, 0.25) is 0 Å². The van der Waals surface area contributed by atoms with Crippen molar-refractivity contribution in [2.75, 3.05) is 10.2 Å². The van der Waals surface area contributed by atoms with Crippen molar-refractivity contribution >= 4 is 111 Å². The highest BCUT2D eigenvalue weighted by atomic mass is 32.1. The summed E-state index contributed by atoms with van der Waals surface area (Å²) in [6.45, 7) is 0. The van der Waals surface area contributed by atoms with Crippen molar-refractivity contribution in [3.8, 4) is 22.6 Å². The summed E-state index contributed by atoms with van der Waals surface area (Å²) in [4.78, 5) is 2.36. The van der Waals surface area contributed by atoms with Gasteiger partial charge in [-0.3, -0.25) is 0 Å². The molecule has 2 aromatic heterocycles. The quantitative estimate of drug-likeness (QED) is 0.188. The Morgan fingerprint density at radius 3 is 2.27 bits per heavy atom. The molecule has 0 fully saturated rings. The van der Waals surface area contributed by atoms with Crippen molar-refractivity contribution < 1.29 is 9.15 Å². The lowest BCUT2D eigenvalue weighted by molar-refractivity contribution is 0.477. The van der Waals surface area contributed by atoms with Crippen molar-refractivity contribution in [3.63, 3.8) is 0 Å². The van der Waals surface area contributed by atoms with E-state index in [-0.39, 0.29) is 0 Å². The summed E-state index contributed by atoms with van der Waals surface area (Å²) in [5, 5.41) is 11.0. The minimum atomic E-state index is 0.819. The van der Waals surface area contributed by atoms with Gasteiger partial charge in [0, 0.05) is 47.9 Å². The van der Waals surface area contributed by atoms with Gasteiger partial charge in [-0.1, -0.05) is 90.4 Å². The minimum absolute atomic E-state index is 0.819. The average molecular weight is 682 g/mol. The van der Waals surface area contributed by atoms with E-state index in [9.17, 15) is 0 Å². The van der Waals surface area contributed by atoms with Crippen LogP contribution >= 0.6 is 11.3 Å². The van der Waals surface area contributed by atoms with E-state index < -0.39 is 0 Å². The van der Waals surface area contributed by atoms with E-state index in [2.05, 4.69) is 151 Å². The summed E-state index contributed by atoms with van der Waals surface area (Å²) in [6, 6.07) is 54.0. The average Bonchev–Trinajstić information content (AvgIpc) is 3.75. The van der Waals surface area contributed by atoms with Crippen molar-refractivity contribution in [2.24, 2.45) is 0 Å². The van der Waals surface area contributed by atoms with Gasteiger partial charge in [0.15, 0.2) is 24.4 Å². The van der Waals surface area contributed by atoms with Crippen LogP contribution in [0.5, 0.6) is 11.5 Å². The van der Waals surface area contributed by atoms with Gasteiger partial charge in [0.25, 0.3) is 0 Å². The Kier molecular flexibility index (Phi) is 5.71. The molecule has 0 atom stereocenters. The summed E-state index contributed by atoms with van der Waals surface area (Å²) in [6.07, 6.45) is 0. The number of benzene rings is 8. The molecule has 0 amide bonds. The smallest absolute Gasteiger partial charge is 0.198 e. The fourth-order valence-corrected chi connectivity index (χ4v) is 9.39. The zero-order valence-electron chi connectivity index (χ0n) is 27.7. The number of hydrogen-bond donors (Lipinski definition) is 1. The predicted octanol–water partition coefficient (Wildman–Crippen LogP) is 12.1. The molecule has 2 aliphatic rings. The maximum atomic E-state index is 6.82. The Hall–Kier alpha value is -6.50. The standard InChI is InChI=1S/C46H26BN2O2S/c1-2-11-27-23-36(48-28-20-21-42-32(24-28)30-13-4-8-19-41(30)52-42)31(22-26(27)10-1)33-25-34-29-12-3-6-16-38(29)51-46(34)45-43(33)47-35-14-9-18-40-44(35)49(45)37-15-5-7-17-39(37)50-40/h1-25,48H. The first-order chi connectivity index (χ1) is 25.7. The maximum absolute atomic E-state index is 6.82. The van der Waals surface area contributed by atoms with Crippen LogP contribution in [0.25, 0.3) is 64.0 Å². The van der Waals surface area contributed by atoms with Gasteiger partial charge in [-0.05, 0) is 88.5 Å². The summed E-state index contributed by atoms with van der Waals surface area (Å²) in [5.74, 6) is 1.65. The third-order valence-corrected chi connectivity index (χ3v) is 11.8. The normalized spacial score (nSPS) is 12.9. The van der Waals surface area contributed by atoms with E-state index in [0.717, 1.165) is 83.9 Å². The predicted molar refractivity (Wildman–Crippen MR) is 219 cm³/mol. The molecular formula is C46H26BN2O2S. The van der Waals surface area contributed by atoms with Crippen molar-refractivity contribution in [3.05, 3.63) is 152 Å². The molecular weight excluding hydrogens is 655 g/mol. The molecule has 0 saturated heterocycles. The molecule has 0 aliphatic carbocycles. The third kappa shape index (κ3) is 3.98. The highest BCUT2D eigenvalue weighted by Gasteiger charge is 2.37. The molecule has 1 N–H and O–H groups in total. The number of thiophene rings is 1. The van der Waals surface area contributed by atoms with Crippen LogP contribution in [0.15, 0.2) is 156 Å². The second-order valence-corrected chi connectivity index (χ2v) is 14.7. The molecule has 12 rings (SSSR count). The van der Waals surface area contributed by atoms with Crippen LogP contribution < -0.4 is 25.9 Å². The number of furan rings is 1. The third-order valence-electron chi connectivity index (χ3n) is 10.6. The molecule has 0 unspecified atom stereocenters. The number of nitrogens with zero attached hydrogens (tertiary/aromatic N) is 1. The van der Waals surface area contributed by atoms with Gasteiger partial charge in [-0.25, -0.2) is 0 Å². The summed E-state index contributed by atoms with van der Waals surface area (Å²) >= 11 is 1.84. The van der Waals surface area contributed by atoms with Gasteiger partial charge in [-0.15, -0.1) is 11.3 Å². The number of para-hydroxylation sites is 4. The number of anilines is 5. The molecule has 4 nitrogen and oxygen atoms in total. The molecule has 0 saturated carbocycles. The van der Waals surface area contributed by atoms with Crippen molar-refractivity contribution in [2.45, 2.75) is 0 Å². The number of fused-ring (bicyclic) bond motifs is 12. The van der Waals surface area contributed by atoms with Crippen LogP contribution in [0, 0.1) is 0 Å². The van der Waals surface area contributed by atoms with E-state index in [1.807, 2.05) is 29.5 Å². The van der Waals surface area contributed by atoms with E-state index in [1.165, 1.54) is 30.9 Å². The van der Waals surface area contributed by atoms with Gasteiger partial charge in [0.05, 0.1) is 17.1 Å². The molecule has 0 bridgehead atoms. The van der Waals surface area contributed by atoms with Crippen molar-refractivity contribution in [1.29, 1.82) is 0 Å². The Morgan fingerprint density at radius 2 is 1.33 bits per heavy atom. The maximum Gasteiger partial charge on any atom is 0.198 e. The Morgan fingerprint density at radius 1 is 0.558 bits per heavy atom. The molecule has 2 aliphatic heterocycles. The van der Waals surface area contributed by atoms with Gasteiger partial charge < -0.3 is 19.4 Å². The lowest BCUT2D eigenvalue weighted by atomic mass is 9.57. The fraction of sp³-hybridized carbons (Fsp3) is 0. The van der Waals surface area contributed by atoms with E-state index in [4.69, 9.17) is 9.15 Å². The second kappa shape index (κ2) is 10.5. The minimum Gasteiger partial charge on any atom is -0.454 e. The lowest BCUT2D eigenvalue weighted by Gasteiger charge is -2.39. The van der Waals surface area contributed by atoms with Gasteiger partial charge in [-0.2, -0.15) is 0 Å². The lowest BCUT2D eigenvalue weighted by Crippen LogP contribution is -2.42. The summed E-state index contributed by atoms with van der Waals surface area (Å²) in [5.41, 5.74) is 11.3. The Labute approximate surface area is 303 Å². The van der Waals surface area contributed by atoms with E-state index >= 15 is 0 Å². The molecule has 241 valence electrons. The molecule has 8 aromatic carbocycles. The number of rotatable bonds is 3. The first-order valence-corrected chi connectivity index (χ1v) is 18.3. The van der Waals surface area contributed by atoms with Crippen LogP contribution in [0.1, 0.15) is 0 Å². The van der Waals surface area contributed by atoms with Gasteiger partial charge >= 0.3 is 0 Å². The fourth-order valence-electron chi connectivity index (χ4n) is 8.31. The monoisotopic (exact) mass is 681 g/mol. The first kappa shape index (κ1) is 28.2. The molecule has 52 heavy (non-hydrogen) atoms. The number of nitrogens with one attached hydrogen (secondary N) is 1. The molecule has 1 radical (unpaired) electrons. The molecule has 4 heterocycles. The van der Waals surface area contributed by atoms with Crippen LogP contribution in [0.2, 0.25) is 0 Å². The van der Waals surface area contributed by atoms with E-state index in [0.29, 0.717) is 0 Å². The van der Waals surface area contributed by atoms with Gasteiger partial charge in [0.1, 0.15) is 5.58 Å². The Balaban J connectivity index is 1.16. The topological polar surface area (TPSA) is 37.6 Å². The number of hydrogen-bond acceptors (Lipinski definition) is 5. The second-order valence-electron chi connectivity index (χ2n) is 13.6. The highest BCUT2D eigenvalue weighted by Crippen LogP contribution is 2.53. The molecule has 0 spiro atoms. The SMILES string of the molecule is [B]1c2cccc3c2N(c2ccccc2O3)c2c1c(-c1cc3ccccc3cc1Nc1ccc3sc4ccccc4c3c1)cc1c2oc2ccccc21. The Bertz CT molecular complexity index is 3140. The number of ether oxygens (including phenoxy) is 1. The largest absolute Gasteiger partial charge is 0.454 e. The van der Waals surface area contributed by atoms with Crippen LogP contribution in [0.3, 0.4) is 0 Å². The van der Waals surface area contributed by atoms with Crippen molar-refractivity contribution in [1.82, 2.24) is 0 Å².